The third-order valence-electron chi connectivity index (χ3n) is 4.50. The molecule has 0 fully saturated rings. The molecule has 2 aromatic heterocycles. The minimum absolute atomic E-state index is 0.716. The maximum atomic E-state index is 5.90. The van der Waals surface area contributed by atoms with Gasteiger partial charge in [0.2, 0.25) is 0 Å². The summed E-state index contributed by atoms with van der Waals surface area (Å²) in [5, 5.41) is 7.92. The second kappa shape index (κ2) is 7.11. The van der Waals surface area contributed by atoms with Gasteiger partial charge in [0, 0.05) is 25.4 Å². The van der Waals surface area contributed by atoms with Gasteiger partial charge in [0.25, 0.3) is 0 Å². The monoisotopic (exact) mass is 337 g/mol. The molecule has 25 heavy (non-hydrogen) atoms. The minimum atomic E-state index is 0.716. The van der Waals surface area contributed by atoms with E-state index in [1.807, 2.05) is 35.1 Å². The first-order valence-corrected chi connectivity index (χ1v) is 8.81. The van der Waals surface area contributed by atoms with E-state index in [0.717, 1.165) is 60.8 Å². The molecule has 1 N–H and O–H groups in total. The van der Waals surface area contributed by atoms with Crippen LogP contribution in [0.5, 0.6) is 5.75 Å². The lowest BCUT2D eigenvalue weighted by Gasteiger charge is -2.18. The van der Waals surface area contributed by atoms with Gasteiger partial charge in [-0.05, 0) is 49.7 Å². The average Bonchev–Trinajstić information content (AvgIpc) is 3.06. The van der Waals surface area contributed by atoms with Crippen molar-refractivity contribution in [2.24, 2.45) is 0 Å². The van der Waals surface area contributed by atoms with Crippen LogP contribution in [0.4, 0.5) is 5.82 Å². The van der Waals surface area contributed by atoms with Crippen molar-refractivity contribution >= 4 is 11.5 Å². The Balaban J connectivity index is 1.76. The first kappa shape index (κ1) is 15.9. The molecule has 1 aromatic carbocycles. The van der Waals surface area contributed by atoms with E-state index in [1.165, 1.54) is 0 Å². The topological polar surface area (TPSA) is 54.7 Å². The molecule has 0 aliphatic carbocycles. The van der Waals surface area contributed by atoms with Crippen LogP contribution in [0.1, 0.15) is 12.8 Å². The van der Waals surface area contributed by atoms with Gasteiger partial charge in [0.1, 0.15) is 11.6 Å². The van der Waals surface area contributed by atoms with Crippen LogP contribution in [0.3, 0.4) is 0 Å². The molecule has 3 heterocycles. The Hall–Kier alpha value is -2.60. The molecule has 130 valence electrons. The molecule has 1 aliphatic heterocycles. The number of hydrogen-bond acceptors (Lipinski definition) is 5. The number of fused-ring (bicyclic) bond motifs is 4. The number of nitrogens with one attached hydrogen (secondary N) is 1. The van der Waals surface area contributed by atoms with Crippen LogP contribution in [0.25, 0.3) is 16.8 Å². The molecule has 0 saturated heterocycles. The van der Waals surface area contributed by atoms with E-state index in [-0.39, 0.29) is 0 Å². The van der Waals surface area contributed by atoms with Gasteiger partial charge in [0.15, 0.2) is 5.65 Å². The number of ether oxygens (including phenoxy) is 1. The molecule has 0 unspecified atom stereocenters. The predicted octanol–water partition coefficient (Wildman–Crippen LogP) is 2.59. The molecular weight excluding hydrogens is 314 g/mol. The van der Waals surface area contributed by atoms with Gasteiger partial charge >= 0.3 is 0 Å². The Morgan fingerprint density at radius 1 is 1.16 bits per heavy atom. The van der Waals surface area contributed by atoms with Crippen LogP contribution >= 0.6 is 0 Å². The number of anilines is 1. The Bertz CT molecular complexity index is 860. The highest BCUT2D eigenvalue weighted by molar-refractivity contribution is 5.78. The molecule has 0 amide bonds. The fraction of sp³-hybridized carbons (Fsp3) is 0.368. The van der Waals surface area contributed by atoms with E-state index >= 15 is 0 Å². The van der Waals surface area contributed by atoms with Crippen LogP contribution < -0.4 is 15.0 Å². The first-order valence-electron chi connectivity index (χ1n) is 8.81. The van der Waals surface area contributed by atoms with Crippen molar-refractivity contribution in [2.45, 2.75) is 12.8 Å². The van der Waals surface area contributed by atoms with Gasteiger partial charge in [-0.3, -0.25) is 0 Å². The Morgan fingerprint density at radius 2 is 2.08 bits per heavy atom. The van der Waals surface area contributed by atoms with Crippen LogP contribution in [0.2, 0.25) is 0 Å². The number of aromatic nitrogens is 3. The number of rotatable bonds is 0. The summed E-state index contributed by atoms with van der Waals surface area (Å²) in [5.41, 5.74) is 2.96. The highest BCUT2D eigenvalue weighted by atomic mass is 16.5. The van der Waals surface area contributed by atoms with Crippen LogP contribution in [0.15, 0.2) is 42.7 Å². The van der Waals surface area contributed by atoms with E-state index in [4.69, 9.17) is 9.72 Å². The van der Waals surface area contributed by atoms with E-state index in [2.05, 4.69) is 34.5 Å². The van der Waals surface area contributed by atoms with Gasteiger partial charge in [-0.15, -0.1) is 0 Å². The summed E-state index contributed by atoms with van der Waals surface area (Å²) in [4.78, 5) is 7.04. The summed E-state index contributed by atoms with van der Waals surface area (Å²) in [6, 6.07) is 10.2. The summed E-state index contributed by atoms with van der Waals surface area (Å²) >= 11 is 0. The molecular formula is C19H23N5O. The van der Waals surface area contributed by atoms with E-state index in [9.17, 15) is 0 Å². The fourth-order valence-electron chi connectivity index (χ4n) is 3.10. The number of benzene rings is 1. The van der Waals surface area contributed by atoms with Crippen LogP contribution in [-0.2, 0) is 0 Å². The molecule has 1 aliphatic rings. The van der Waals surface area contributed by atoms with E-state index in [0.29, 0.717) is 6.61 Å². The van der Waals surface area contributed by atoms with Crippen molar-refractivity contribution in [1.29, 1.82) is 0 Å². The van der Waals surface area contributed by atoms with Gasteiger partial charge in [-0.1, -0.05) is 12.1 Å². The van der Waals surface area contributed by atoms with Gasteiger partial charge in [0.05, 0.1) is 12.8 Å². The van der Waals surface area contributed by atoms with Gasteiger partial charge < -0.3 is 15.0 Å². The van der Waals surface area contributed by atoms with Crippen LogP contribution in [-0.4, -0.2) is 47.9 Å². The summed E-state index contributed by atoms with van der Waals surface area (Å²) in [5.74, 6) is 1.85. The van der Waals surface area contributed by atoms with Crippen molar-refractivity contribution < 1.29 is 4.74 Å². The molecule has 0 saturated carbocycles. The van der Waals surface area contributed by atoms with Crippen LogP contribution in [0, 0.1) is 0 Å². The van der Waals surface area contributed by atoms with E-state index < -0.39 is 0 Å². The van der Waals surface area contributed by atoms with Gasteiger partial charge in [-0.2, -0.15) is 5.10 Å². The Kier molecular flexibility index (Phi) is 4.52. The summed E-state index contributed by atoms with van der Waals surface area (Å²) in [6.07, 6.45) is 5.92. The normalized spacial score (nSPS) is 16.1. The highest BCUT2D eigenvalue weighted by Crippen LogP contribution is 2.27. The minimum Gasteiger partial charge on any atom is -0.494 e. The second-order valence-electron chi connectivity index (χ2n) is 6.37. The molecule has 6 heteroatoms. The van der Waals surface area contributed by atoms with E-state index in [1.54, 1.807) is 0 Å². The second-order valence-corrected chi connectivity index (χ2v) is 6.37. The summed E-state index contributed by atoms with van der Waals surface area (Å²) < 4.78 is 7.72. The molecule has 0 spiro atoms. The molecule has 4 rings (SSSR count). The fourth-order valence-corrected chi connectivity index (χ4v) is 3.10. The SMILES string of the molecule is CN1CCCNCCCOc2cccc(c2)-c2cnn3ccc1nc23. The predicted molar refractivity (Wildman–Crippen MR) is 99.3 cm³/mol. The lowest BCUT2D eigenvalue weighted by molar-refractivity contribution is 0.308. The zero-order valence-electron chi connectivity index (χ0n) is 14.5. The Labute approximate surface area is 147 Å². The third kappa shape index (κ3) is 3.44. The smallest absolute Gasteiger partial charge is 0.165 e. The maximum absolute atomic E-state index is 5.90. The molecule has 6 nitrogen and oxygen atoms in total. The number of nitrogens with zero attached hydrogens (tertiary/aromatic N) is 4. The zero-order valence-corrected chi connectivity index (χ0v) is 14.5. The van der Waals surface area contributed by atoms with Crippen molar-refractivity contribution in [2.75, 3.05) is 38.2 Å². The molecule has 0 atom stereocenters. The number of hydrogen-bond donors (Lipinski definition) is 1. The lowest BCUT2D eigenvalue weighted by Crippen LogP contribution is -2.25. The Morgan fingerprint density at radius 3 is 3.04 bits per heavy atom. The quantitative estimate of drug-likeness (QED) is 0.683. The summed E-state index contributed by atoms with van der Waals surface area (Å²) in [7, 11) is 2.09. The van der Waals surface area contributed by atoms with Gasteiger partial charge in [-0.25, -0.2) is 9.50 Å². The average molecular weight is 337 g/mol. The summed E-state index contributed by atoms with van der Waals surface area (Å²) in [6.45, 7) is 3.65. The highest BCUT2D eigenvalue weighted by Gasteiger charge is 2.12. The zero-order chi connectivity index (χ0) is 17.1. The standard InChI is InChI=1S/C19H23N5O/c1-23-10-3-8-20-9-4-12-25-16-6-2-5-15(13-16)17-14-21-24-11-7-18(23)22-19(17)24/h2,5-7,11,13-14,20H,3-4,8-10,12H2,1H3. The first-order chi connectivity index (χ1) is 12.3. The van der Waals surface area contributed by atoms with Crippen molar-refractivity contribution in [3.05, 3.63) is 42.7 Å². The lowest BCUT2D eigenvalue weighted by atomic mass is 10.1. The molecule has 4 bridgehead atoms. The van der Waals surface area contributed by atoms with Crippen molar-refractivity contribution in [3.63, 3.8) is 0 Å². The largest absolute Gasteiger partial charge is 0.494 e. The maximum Gasteiger partial charge on any atom is 0.165 e. The van der Waals surface area contributed by atoms with Crippen molar-refractivity contribution in [3.8, 4) is 16.9 Å². The molecule has 3 aromatic rings. The van der Waals surface area contributed by atoms with Crippen molar-refractivity contribution in [1.82, 2.24) is 19.9 Å². The third-order valence-corrected chi connectivity index (χ3v) is 4.50. The molecule has 0 radical (unpaired) electrons.